The average Bonchev–Trinajstić information content (AvgIpc) is 2.47. The summed E-state index contributed by atoms with van der Waals surface area (Å²) in [6.45, 7) is 4.26. The number of aromatic carboxylic acids is 1. The van der Waals surface area contributed by atoms with Crippen molar-refractivity contribution in [1.82, 2.24) is 0 Å². The van der Waals surface area contributed by atoms with Gasteiger partial charge in [-0.15, -0.1) is 0 Å². The van der Waals surface area contributed by atoms with Crippen molar-refractivity contribution in [1.29, 1.82) is 0 Å². The maximum Gasteiger partial charge on any atom is 0.335 e. The third-order valence-electron chi connectivity index (χ3n) is 4.40. The van der Waals surface area contributed by atoms with E-state index in [-0.39, 0.29) is 11.3 Å². The fourth-order valence-electron chi connectivity index (χ4n) is 3.05. The van der Waals surface area contributed by atoms with Crippen LogP contribution in [0.25, 0.3) is 0 Å². The molecule has 21 heavy (non-hydrogen) atoms. The van der Waals surface area contributed by atoms with Crippen LogP contribution < -0.4 is 0 Å². The molecule has 0 bridgehead atoms. The number of aliphatic hydroxyl groups excluding tert-OH is 1. The average molecular weight is 286 g/mol. The molecule has 1 aliphatic carbocycles. The number of unbranched alkanes of at least 4 members (excludes halogenated alkanes) is 1. The summed E-state index contributed by atoms with van der Waals surface area (Å²) >= 11 is 0. The standard InChI is InChI=1S/C18H22O3/c1-3-4-10-18(11-9-16(19)12-13(18)2)15-7-5-14(6-8-15)17(20)21/h5-9,11-13,19H,3-4,10H2,1-2H3,(H,20,21)/t13?,18-/m0/s1. The van der Waals surface area contributed by atoms with Crippen LogP contribution in [0.15, 0.2) is 48.3 Å². The van der Waals surface area contributed by atoms with Gasteiger partial charge in [-0.2, -0.15) is 0 Å². The molecule has 2 N–H and O–H groups in total. The lowest BCUT2D eigenvalue weighted by molar-refractivity contribution is 0.0697. The quantitative estimate of drug-likeness (QED) is 0.840. The minimum absolute atomic E-state index is 0.167. The molecule has 1 aromatic rings. The zero-order valence-corrected chi connectivity index (χ0v) is 12.5. The number of rotatable bonds is 5. The minimum atomic E-state index is -0.908. The van der Waals surface area contributed by atoms with Crippen molar-refractivity contribution >= 4 is 5.97 Å². The smallest absolute Gasteiger partial charge is 0.335 e. The summed E-state index contributed by atoms with van der Waals surface area (Å²) in [5.74, 6) is -0.435. The first-order valence-corrected chi connectivity index (χ1v) is 7.43. The van der Waals surface area contributed by atoms with E-state index in [1.807, 2.05) is 18.2 Å². The Morgan fingerprint density at radius 1 is 1.29 bits per heavy atom. The summed E-state index contributed by atoms with van der Waals surface area (Å²) in [6.07, 6.45) is 8.87. The van der Waals surface area contributed by atoms with E-state index in [2.05, 4.69) is 19.9 Å². The van der Waals surface area contributed by atoms with Crippen LogP contribution in [0.2, 0.25) is 0 Å². The van der Waals surface area contributed by atoms with E-state index < -0.39 is 5.97 Å². The maximum atomic E-state index is 11.0. The number of allylic oxidation sites excluding steroid dienone is 3. The Morgan fingerprint density at radius 3 is 2.48 bits per heavy atom. The van der Waals surface area contributed by atoms with Crippen molar-refractivity contribution in [2.24, 2.45) is 5.92 Å². The molecule has 1 unspecified atom stereocenters. The molecular formula is C18H22O3. The van der Waals surface area contributed by atoms with Crippen molar-refractivity contribution < 1.29 is 15.0 Å². The van der Waals surface area contributed by atoms with Crippen LogP contribution in [0.1, 0.15) is 49.0 Å². The number of aliphatic hydroxyl groups is 1. The van der Waals surface area contributed by atoms with Crippen LogP contribution in [-0.2, 0) is 5.41 Å². The number of hydrogen-bond acceptors (Lipinski definition) is 2. The molecule has 0 fully saturated rings. The second kappa shape index (κ2) is 6.17. The normalized spacial score (nSPS) is 24.7. The van der Waals surface area contributed by atoms with Gasteiger partial charge in [0.25, 0.3) is 0 Å². The van der Waals surface area contributed by atoms with Crippen LogP contribution in [-0.4, -0.2) is 16.2 Å². The van der Waals surface area contributed by atoms with Crippen molar-refractivity contribution in [2.75, 3.05) is 0 Å². The fourth-order valence-corrected chi connectivity index (χ4v) is 3.05. The molecular weight excluding hydrogens is 264 g/mol. The van der Waals surface area contributed by atoms with Gasteiger partial charge in [0.05, 0.1) is 5.56 Å². The minimum Gasteiger partial charge on any atom is -0.508 e. The molecule has 0 aromatic heterocycles. The van der Waals surface area contributed by atoms with Gasteiger partial charge in [-0.25, -0.2) is 4.79 Å². The van der Waals surface area contributed by atoms with Crippen LogP contribution in [0.4, 0.5) is 0 Å². The monoisotopic (exact) mass is 286 g/mol. The number of hydrogen-bond donors (Lipinski definition) is 2. The molecule has 3 heteroatoms. The van der Waals surface area contributed by atoms with Crippen molar-refractivity contribution in [3.05, 3.63) is 59.4 Å². The first-order chi connectivity index (χ1) is 9.99. The van der Waals surface area contributed by atoms with Crippen molar-refractivity contribution in [2.45, 2.75) is 38.5 Å². The summed E-state index contributed by atoms with van der Waals surface area (Å²) in [5, 5.41) is 18.7. The largest absolute Gasteiger partial charge is 0.508 e. The third kappa shape index (κ3) is 3.02. The number of carboxylic acids is 1. The molecule has 0 heterocycles. The molecule has 1 aromatic carbocycles. The van der Waals surface area contributed by atoms with Crippen LogP contribution in [0.5, 0.6) is 0 Å². The van der Waals surface area contributed by atoms with Gasteiger partial charge in [0.1, 0.15) is 5.76 Å². The molecule has 2 atom stereocenters. The molecule has 0 aliphatic heterocycles. The van der Waals surface area contributed by atoms with E-state index in [4.69, 9.17) is 5.11 Å². The highest BCUT2D eigenvalue weighted by atomic mass is 16.4. The van der Waals surface area contributed by atoms with Crippen LogP contribution in [0, 0.1) is 5.92 Å². The molecule has 0 amide bonds. The Hall–Kier alpha value is -2.03. The number of carbonyl (C=O) groups is 1. The van der Waals surface area contributed by atoms with E-state index in [1.54, 1.807) is 18.2 Å². The third-order valence-corrected chi connectivity index (χ3v) is 4.40. The van der Waals surface area contributed by atoms with Gasteiger partial charge in [-0.3, -0.25) is 0 Å². The predicted molar refractivity (Wildman–Crippen MR) is 83.6 cm³/mol. The van der Waals surface area contributed by atoms with E-state index >= 15 is 0 Å². The van der Waals surface area contributed by atoms with Crippen molar-refractivity contribution in [3.63, 3.8) is 0 Å². The lowest BCUT2D eigenvalue weighted by Crippen LogP contribution is -2.32. The fraction of sp³-hybridized carbons (Fsp3) is 0.389. The van der Waals surface area contributed by atoms with E-state index in [0.717, 1.165) is 24.8 Å². The van der Waals surface area contributed by atoms with E-state index in [9.17, 15) is 9.90 Å². The summed E-state index contributed by atoms with van der Waals surface area (Å²) in [6, 6.07) is 7.11. The van der Waals surface area contributed by atoms with E-state index in [0.29, 0.717) is 11.3 Å². The van der Waals surface area contributed by atoms with Gasteiger partial charge in [-0.1, -0.05) is 44.9 Å². The molecule has 0 saturated heterocycles. The molecule has 0 spiro atoms. The highest BCUT2D eigenvalue weighted by Crippen LogP contribution is 2.42. The van der Waals surface area contributed by atoms with Crippen molar-refractivity contribution in [3.8, 4) is 0 Å². The molecule has 1 aliphatic rings. The van der Waals surface area contributed by atoms with Gasteiger partial charge in [0.2, 0.25) is 0 Å². The molecule has 2 rings (SSSR count). The topological polar surface area (TPSA) is 57.5 Å². The number of carboxylic acid groups (broad SMARTS) is 1. The predicted octanol–water partition coefficient (Wildman–Crippen LogP) is 4.46. The zero-order chi connectivity index (χ0) is 15.5. The maximum absolute atomic E-state index is 11.0. The zero-order valence-electron chi connectivity index (χ0n) is 12.5. The second-order valence-electron chi connectivity index (χ2n) is 5.74. The molecule has 3 nitrogen and oxygen atoms in total. The van der Waals surface area contributed by atoms with E-state index in [1.165, 1.54) is 0 Å². The Kier molecular flexibility index (Phi) is 4.51. The van der Waals surface area contributed by atoms with Gasteiger partial charge >= 0.3 is 5.97 Å². The highest BCUT2D eigenvalue weighted by Gasteiger charge is 2.36. The Bertz CT molecular complexity index is 569. The van der Waals surface area contributed by atoms with Crippen LogP contribution in [0.3, 0.4) is 0 Å². The summed E-state index contributed by atoms with van der Waals surface area (Å²) < 4.78 is 0. The molecule has 112 valence electrons. The summed E-state index contributed by atoms with van der Waals surface area (Å²) in [7, 11) is 0. The SMILES string of the molecule is CCCC[C@]1(c2ccc(C(=O)O)cc2)C=CC(O)=CC1C. The lowest BCUT2D eigenvalue weighted by atomic mass is 9.66. The number of benzene rings is 1. The summed E-state index contributed by atoms with van der Waals surface area (Å²) in [4.78, 5) is 11.0. The van der Waals surface area contributed by atoms with Crippen LogP contribution >= 0.6 is 0 Å². The Balaban J connectivity index is 2.41. The Morgan fingerprint density at radius 2 is 1.95 bits per heavy atom. The van der Waals surface area contributed by atoms with Gasteiger partial charge < -0.3 is 10.2 Å². The second-order valence-corrected chi connectivity index (χ2v) is 5.74. The lowest BCUT2D eigenvalue weighted by Gasteiger charge is -2.38. The molecule has 0 radical (unpaired) electrons. The first-order valence-electron chi connectivity index (χ1n) is 7.43. The van der Waals surface area contributed by atoms with Gasteiger partial charge in [0.15, 0.2) is 0 Å². The Labute approximate surface area is 125 Å². The van der Waals surface area contributed by atoms with Gasteiger partial charge in [0, 0.05) is 5.41 Å². The molecule has 0 saturated carbocycles. The highest BCUT2D eigenvalue weighted by molar-refractivity contribution is 5.87. The van der Waals surface area contributed by atoms with Gasteiger partial charge in [-0.05, 0) is 42.2 Å². The summed E-state index contributed by atoms with van der Waals surface area (Å²) in [5.41, 5.74) is 1.24. The first kappa shape index (κ1) is 15.4.